The van der Waals surface area contributed by atoms with E-state index in [1.54, 1.807) is 18.6 Å². The van der Waals surface area contributed by atoms with Gasteiger partial charge in [-0.25, -0.2) is 4.98 Å². The van der Waals surface area contributed by atoms with E-state index in [4.69, 9.17) is 0 Å². The number of hydrogen-bond donors (Lipinski definition) is 2. The molecule has 2 aromatic rings. The van der Waals surface area contributed by atoms with Gasteiger partial charge in [-0.3, -0.25) is 14.8 Å². The van der Waals surface area contributed by atoms with Gasteiger partial charge < -0.3 is 10.6 Å². The Balaban J connectivity index is 1.95. The molecule has 0 aromatic carbocycles. The van der Waals surface area contributed by atoms with Crippen molar-refractivity contribution < 1.29 is 4.79 Å². The quantitative estimate of drug-likeness (QED) is 0.834. The molecule has 0 fully saturated rings. The Kier molecular flexibility index (Phi) is 5.00. The van der Waals surface area contributed by atoms with E-state index < -0.39 is 0 Å². The van der Waals surface area contributed by atoms with Crippen LogP contribution in [0.25, 0.3) is 0 Å². The van der Waals surface area contributed by atoms with Crippen LogP contribution in [0.2, 0.25) is 0 Å². The van der Waals surface area contributed by atoms with Gasteiger partial charge in [-0.15, -0.1) is 0 Å². The Hall–Kier alpha value is -2.50. The van der Waals surface area contributed by atoms with Crippen molar-refractivity contribution in [3.63, 3.8) is 0 Å². The average Bonchev–Trinajstić information content (AvgIpc) is 2.52. The molecule has 0 spiro atoms. The highest BCUT2D eigenvalue weighted by Gasteiger charge is 2.08. The van der Waals surface area contributed by atoms with Crippen LogP contribution >= 0.6 is 0 Å². The van der Waals surface area contributed by atoms with Crippen LogP contribution in [0.4, 0.5) is 5.82 Å². The largest absolute Gasteiger partial charge is 0.369 e. The summed E-state index contributed by atoms with van der Waals surface area (Å²) in [6.45, 7) is 3.30. The maximum Gasteiger partial charge on any atom is 0.271 e. The highest BCUT2D eigenvalue weighted by atomic mass is 16.1. The van der Waals surface area contributed by atoms with Gasteiger partial charge in [0.2, 0.25) is 0 Å². The monoisotopic (exact) mass is 271 g/mol. The third kappa shape index (κ3) is 4.01. The van der Waals surface area contributed by atoms with E-state index in [-0.39, 0.29) is 5.91 Å². The molecule has 1 amide bonds. The Morgan fingerprint density at radius 3 is 2.75 bits per heavy atom. The fraction of sp³-hybridized carbons (Fsp3) is 0.286. The van der Waals surface area contributed by atoms with Crippen molar-refractivity contribution in [3.8, 4) is 0 Å². The molecule has 2 N–H and O–H groups in total. The maximum absolute atomic E-state index is 12.0. The number of rotatable bonds is 6. The molecule has 0 unspecified atom stereocenters. The van der Waals surface area contributed by atoms with E-state index in [1.807, 2.05) is 12.1 Å². The lowest BCUT2D eigenvalue weighted by Crippen LogP contribution is -2.24. The normalized spacial score (nSPS) is 10.1. The van der Waals surface area contributed by atoms with Crippen molar-refractivity contribution in [1.82, 2.24) is 20.3 Å². The Morgan fingerprint density at radius 2 is 2.00 bits per heavy atom. The van der Waals surface area contributed by atoms with Gasteiger partial charge in [0.25, 0.3) is 5.91 Å². The van der Waals surface area contributed by atoms with Crippen molar-refractivity contribution in [1.29, 1.82) is 0 Å². The van der Waals surface area contributed by atoms with Gasteiger partial charge >= 0.3 is 0 Å². The van der Waals surface area contributed by atoms with Crippen molar-refractivity contribution in [2.45, 2.75) is 19.9 Å². The number of hydrogen-bond acceptors (Lipinski definition) is 5. The Labute approximate surface area is 117 Å². The molecule has 0 radical (unpaired) electrons. The molecule has 0 bridgehead atoms. The molecule has 6 nitrogen and oxygen atoms in total. The van der Waals surface area contributed by atoms with E-state index in [1.165, 1.54) is 6.20 Å². The standard InChI is InChI=1S/C14H17N5O/c1-2-5-17-13-10-16-9-12(19-13)14(20)18-8-11-3-6-15-7-4-11/h3-4,6-7,9-10H,2,5,8H2,1H3,(H,17,19)(H,18,20). The molecule has 0 aliphatic rings. The number of carbonyl (C=O) groups is 1. The summed E-state index contributed by atoms with van der Waals surface area (Å²) in [5.74, 6) is 0.373. The van der Waals surface area contributed by atoms with Gasteiger partial charge in [-0.2, -0.15) is 0 Å². The zero-order valence-corrected chi connectivity index (χ0v) is 11.3. The first-order valence-corrected chi connectivity index (χ1v) is 6.52. The van der Waals surface area contributed by atoms with Crippen LogP contribution < -0.4 is 10.6 Å². The molecule has 2 rings (SSSR count). The van der Waals surface area contributed by atoms with E-state index in [0.717, 1.165) is 18.5 Å². The second kappa shape index (κ2) is 7.18. The maximum atomic E-state index is 12.0. The summed E-state index contributed by atoms with van der Waals surface area (Å²) in [6, 6.07) is 3.70. The summed E-state index contributed by atoms with van der Waals surface area (Å²) in [5.41, 5.74) is 1.29. The van der Waals surface area contributed by atoms with Crippen molar-refractivity contribution in [3.05, 3.63) is 48.2 Å². The lowest BCUT2D eigenvalue weighted by atomic mass is 10.2. The number of anilines is 1. The molecule has 6 heteroatoms. The lowest BCUT2D eigenvalue weighted by Gasteiger charge is -2.07. The fourth-order valence-corrected chi connectivity index (χ4v) is 1.59. The van der Waals surface area contributed by atoms with Crippen LogP contribution in [-0.2, 0) is 6.54 Å². The van der Waals surface area contributed by atoms with E-state index >= 15 is 0 Å². The molecule has 0 aliphatic heterocycles. The predicted octanol–water partition coefficient (Wildman–Crippen LogP) is 1.62. The molecule has 0 saturated carbocycles. The van der Waals surface area contributed by atoms with Gasteiger partial charge in [-0.05, 0) is 24.1 Å². The predicted molar refractivity (Wildman–Crippen MR) is 76.2 cm³/mol. The molecular formula is C14H17N5O. The number of nitrogens with zero attached hydrogens (tertiary/aromatic N) is 3. The molecule has 0 aliphatic carbocycles. The number of aromatic nitrogens is 3. The smallest absolute Gasteiger partial charge is 0.271 e. The van der Waals surface area contributed by atoms with Crippen LogP contribution in [0.1, 0.15) is 29.4 Å². The van der Waals surface area contributed by atoms with Crippen LogP contribution in [0.5, 0.6) is 0 Å². The van der Waals surface area contributed by atoms with Crippen LogP contribution in [0.15, 0.2) is 36.9 Å². The van der Waals surface area contributed by atoms with E-state index in [9.17, 15) is 4.79 Å². The fourth-order valence-electron chi connectivity index (χ4n) is 1.59. The van der Waals surface area contributed by atoms with Gasteiger partial charge in [0.15, 0.2) is 0 Å². The molecule has 2 aromatic heterocycles. The molecule has 2 heterocycles. The number of nitrogens with one attached hydrogen (secondary N) is 2. The lowest BCUT2D eigenvalue weighted by molar-refractivity contribution is 0.0945. The minimum atomic E-state index is -0.241. The third-order valence-corrected chi connectivity index (χ3v) is 2.63. The zero-order valence-electron chi connectivity index (χ0n) is 11.3. The minimum Gasteiger partial charge on any atom is -0.369 e. The molecule has 0 saturated heterocycles. The van der Waals surface area contributed by atoms with Gasteiger partial charge in [0.1, 0.15) is 11.5 Å². The summed E-state index contributed by atoms with van der Waals surface area (Å²) in [7, 11) is 0. The van der Waals surface area contributed by atoms with Crippen LogP contribution in [0, 0.1) is 0 Å². The van der Waals surface area contributed by atoms with Crippen LogP contribution in [0.3, 0.4) is 0 Å². The first-order chi connectivity index (χ1) is 9.79. The zero-order chi connectivity index (χ0) is 14.2. The Bertz CT molecular complexity index is 559. The van der Waals surface area contributed by atoms with Crippen molar-refractivity contribution in [2.24, 2.45) is 0 Å². The third-order valence-electron chi connectivity index (χ3n) is 2.63. The highest BCUT2D eigenvalue weighted by molar-refractivity contribution is 5.92. The SMILES string of the molecule is CCCNc1cncc(C(=O)NCc2ccncc2)n1. The van der Waals surface area contributed by atoms with Gasteiger partial charge in [-0.1, -0.05) is 6.92 Å². The highest BCUT2D eigenvalue weighted by Crippen LogP contribution is 2.03. The molecule has 20 heavy (non-hydrogen) atoms. The van der Waals surface area contributed by atoms with Crippen molar-refractivity contribution in [2.75, 3.05) is 11.9 Å². The number of amides is 1. The first kappa shape index (κ1) is 13.9. The van der Waals surface area contributed by atoms with E-state index in [0.29, 0.717) is 18.1 Å². The Morgan fingerprint density at radius 1 is 1.20 bits per heavy atom. The van der Waals surface area contributed by atoms with E-state index in [2.05, 4.69) is 32.5 Å². The number of pyridine rings is 1. The number of carbonyl (C=O) groups excluding carboxylic acids is 1. The minimum absolute atomic E-state index is 0.241. The second-order valence-electron chi connectivity index (χ2n) is 4.25. The summed E-state index contributed by atoms with van der Waals surface area (Å²) in [6.07, 6.45) is 7.43. The van der Waals surface area contributed by atoms with Gasteiger partial charge in [0.05, 0.1) is 12.4 Å². The molecule has 104 valence electrons. The first-order valence-electron chi connectivity index (χ1n) is 6.52. The summed E-state index contributed by atoms with van der Waals surface area (Å²) >= 11 is 0. The molecule has 0 atom stereocenters. The molecular weight excluding hydrogens is 254 g/mol. The summed E-state index contributed by atoms with van der Waals surface area (Å²) in [5, 5.41) is 5.90. The topological polar surface area (TPSA) is 79.8 Å². The summed E-state index contributed by atoms with van der Waals surface area (Å²) < 4.78 is 0. The van der Waals surface area contributed by atoms with Gasteiger partial charge in [0, 0.05) is 25.5 Å². The summed E-state index contributed by atoms with van der Waals surface area (Å²) in [4.78, 5) is 24.2. The van der Waals surface area contributed by atoms with Crippen LogP contribution in [-0.4, -0.2) is 27.4 Å². The second-order valence-corrected chi connectivity index (χ2v) is 4.25. The average molecular weight is 271 g/mol. The van der Waals surface area contributed by atoms with Crippen molar-refractivity contribution >= 4 is 11.7 Å².